The molecule has 0 heterocycles. The maximum absolute atomic E-state index is 11.3. The molecule has 1 unspecified atom stereocenters. The van der Waals surface area contributed by atoms with E-state index in [1.807, 2.05) is 12.1 Å². The highest BCUT2D eigenvalue weighted by molar-refractivity contribution is 7.99. The molecule has 0 saturated carbocycles. The van der Waals surface area contributed by atoms with Crippen molar-refractivity contribution in [2.45, 2.75) is 36.6 Å². The third-order valence-corrected chi connectivity index (χ3v) is 5.13. The molecule has 0 fully saturated rings. The Kier molecular flexibility index (Phi) is 6.36. The molecule has 0 aliphatic carbocycles. The quantitative estimate of drug-likeness (QED) is 0.787. The molecule has 1 atom stereocenters. The van der Waals surface area contributed by atoms with Gasteiger partial charge in [0, 0.05) is 22.9 Å². The summed E-state index contributed by atoms with van der Waals surface area (Å²) in [4.78, 5) is 1.50. The third-order valence-electron chi connectivity index (χ3n) is 2.66. The number of thioether (sulfide) groups is 1. The number of nitrogens with one attached hydrogen (secondary N) is 1. The first-order chi connectivity index (χ1) is 8.79. The molecule has 0 aromatic heterocycles. The summed E-state index contributed by atoms with van der Waals surface area (Å²) in [5.74, 6) is 1.61. The van der Waals surface area contributed by atoms with Crippen LogP contribution in [0.15, 0.2) is 34.1 Å². The summed E-state index contributed by atoms with van der Waals surface area (Å²) in [6.07, 6.45) is 1.23. The molecule has 0 aliphatic rings. The average Bonchev–Trinajstić information content (AvgIpc) is 2.33. The second-order valence-corrected chi connectivity index (χ2v) is 8.33. The molecule has 1 aromatic carbocycles. The van der Waals surface area contributed by atoms with Gasteiger partial charge in [-0.05, 0) is 36.7 Å². The fourth-order valence-electron chi connectivity index (χ4n) is 1.52. The molecular formula is C14H23NO2S2. The van der Waals surface area contributed by atoms with E-state index in [9.17, 15) is 8.42 Å². The predicted molar refractivity (Wildman–Crippen MR) is 82.6 cm³/mol. The van der Waals surface area contributed by atoms with E-state index in [2.05, 4.69) is 26.1 Å². The van der Waals surface area contributed by atoms with Crippen molar-refractivity contribution in [3.05, 3.63) is 24.3 Å². The van der Waals surface area contributed by atoms with Crippen molar-refractivity contribution >= 4 is 21.6 Å². The average molecular weight is 301 g/mol. The standard InChI is InChI=1S/C14H23NO2S2/c1-11(2)15-9-12(3)10-18-13-5-7-14(8-6-13)19(4,16)17/h5-8,11-12,15H,9-10H2,1-4H3. The summed E-state index contributed by atoms with van der Waals surface area (Å²) in [6.45, 7) is 7.51. The first-order valence-electron chi connectivity index (χ1n) is 6.45. The van der Waals surface area contributed by atoms with Crippen molar-refractivity contribution in [3.8, 4) is 0 Å². The number of rotatable bonds is 7. The van der Waals surface area contributed by atoms with Gasteiger partial charge in [-0.3, -0.25) is 0 Å². The van der Waals surface area contributed by atoms with E-state index in [4.69, 9.17) is 0 Å². The van der Waals surface area contributed by atoms with Gasteiger partial charge in [-0.25, -0.2) is 8.42 Å². The highest BCUT2D eigenvalue weighted by Gasteiger charge is 2.07. The Hall–Kier alpha value is -0.520. The Bertz CT molecular complexity index is 481. The third kappa shape index (κ3) is 6.45. The molecule has 0 radical (unpaired) electrons. The maximum Gasteiger partial charge on any atom is 0.175 e. The van der Waals surface area contributed by atoms with E-state index in [-0.39, 0.29) is 0 Å². The Labute approximate surface area is 121 Å². The number of hydrogen-bond acceptors (Lipinski definition) is 4. The van der Waals surface area contributed by atoms with Crippen molar-refractivity contribution in [3.63, 3.8) is 0 Å². The van der Waals surface area contributed by atoms with Crippen LogP contribution in [-0.2, 0) is 9.84 Å². The Morgan fingerprint density at radius 3 is 2.21 bits per heavy atom. The molecule has 1 aromatic rings. The van der Waals surface area contributed by atoms with Gasteiger partial charge in [0.05, 0.1) is 4.90 Å². The van der Waals surface area contributed by atoms with Crippen LogP contribution in [0, 0.1) is 5.92 Å². The summed E-state index contributed by atoms with van der Waals surface area (Å²) >= 11 is 1.76. The second kappa shape index (κ2) is 7.31. The first kappa shape index (κ1) is 16.5. The zero-order valence-corrected chi connectivity index (χ0v) is 13.6. The van der Waals surface area contributed by atoms with Crippen LogP contribution < -0.4 is 5.32 Å². The van der Waals surface area contributed by atoms with Crippen molar-refractivity contribution in [2.75, 3.05) is 18.6 Å². The molecule has 0 bridgehead atoms. The van der Waals surface area contributed by atoms with Crippen LogP contribution in [0.25, 0.3) is 0 Å². The summed E-state index contributed by atoms with van der Waals surface area (Å²) in [6, 6.07) is 7.62. The largest absolute Gasteiger partial charge is 0.314 e. The van der Waals surface area contributed by atoms with Crippen molar-refractivity contribution in [1.29, 1.82) is 0 Å². The number of hydrogen-bond donors (Lipinski definition) is 1. The normalized spacial score (nSPS) is 13.7. The smallest absolute Gasteiger partial charge is 0.175 e. The highest BCUT2D eigenvalue weighted by Crippen LogP contribution is 2.22. The molecule has 0 aliphatic heterocycles. The molecule has 1 rings (SSSR count). The zero-order valence-electron chi connectivity index (χ0n) is 12.0. The molecule has 0 saturated heterocycles. The summed E-state index contributed by atoms with van der Waals surface area (Å²) in [7, 11) is -3.09. The molecule has 0 amide bonds. The van der Waals surface area contributed by atoms with Crippen molar-refractivity contribution in [2.24, 2.45) is 5.92 Å². The van der Waals surface area contributed by atoms with Crippen LogP contribution in [0.5, 0.6) is 0 Å². The van der Waals surface area contributed by atoms with Crippen molar-refractivity contribution < 1.29 is 8.42 Å². The molecule has 5 heteroatoms. The first-order valence-corrected chi connectivity index (χ1v) is 9.33. The van der Waals surface area contributed by atoms with Crippen LogP contribution in [0.2, 0.25) is 0 Å². The van der Waals surface area contributed by atoms with E-state index >= 15 is 0 Å². The van der Waals surface area contributed by atoms with E-state index in [1.165, 1.54) is 6.26 Å². The zero-order chi connectivity index (χ0) is 14.5. The summed E-state index contributed by atoms with van der Waals surface area (Å²) in [5, 5.41) is 3.42. The molecule has 0 spiro atoms. The predicted octanol–water partition coefficient (Wildman–Crippen LogP) is 2.82. The van der Waals surface area contributed by atoms with E-state index in [1.54, 1.807) is 23.9 Å². The van der Waals surface area contributed by atoms with E-state index in [0.29, 0.717) is 16.9 Å². The Balaban J connectivity index is 2.46. The van der Waals surface area contributed by atoms with Crippen LogP contribution >= 0.6 is 11.8 Å². The van der Waals surface area contributed by atoms with Crippen LogP contribution in [0.1, 0.15) is 20.8 Å². The van der Waals surface area contributed by atoms with Gasteiger partial charge in [0.25, 0.3) is 0 Å². The van der Waals surface area contributed by atoms with E-state index < -0.39 is 9.84 Å². The summed E-state index contributed by atoms with van der Waals surface area (Å²) < 4.78 is 22.7. The number of sulfone groups is 1. The SMILES string of the molecule is CC(CNC(C)C)CSc1ccc(S(C)(=O)=O)cc1. The van der Waals surface area contributed by atoms with Crippen LogP contribution in [0.4, 0.5) is 0 Å². The minimum Gasteiger partial charge on any atom is -0.314 e. The van der Waals surface area contributed by atoms with Crippen molar-refractivity contribution in [1.82, 2.24) is 5.32 Å². The number of benzene rings is 1. The molecule has 19 heavy (non-hydrogen) atoms. The Morgan fingerprint density at radius 1 is 1.16 bits per heavy atom. The lowest BCUT2D eigenvalue weighted by Gasteiger charge is -2.14. The lowest BCUT2D eigenvalue weighted by Crippen LogP contribution is -2.28. The highest BCUT2D eigenvalue weighted by atomic mass is 32.2. The second-order valence-electron chi connectivity index (χ2n) is 5.22. The molecule has 1 N–H and O–H groups in total. The van der Waals surface area contributed by atoms with E-state index in [0.717, 1.165) is 17.2 Å². The van der Waals surface area contributed by atoms with Gasteiger partial charge in [-0.1, -0.05) is 20.8 Å². The monoisotopic (exact) mass is 301 g/mol. The van der Waals surface area contributed by atoms with Gasteiger partial charge in [-0.15, -0.1) is 11.8 Å². The minimum absolute atomic E-state index is 0.381. The van der Waals surface area contributed by atoms with Crippen LogP contribution in [0.3, 0.4) is 0 Å². The fraction of sp³-hybridized carbons (Fsp3) is 0.571. The topological polar surface area (TPSA) is 46.2 Å². The minimum atomic E-state index is -3.09. The molecule has 108 valence electrons. The van der Waals surface area contributed by atoms with Gasteiger partial charge < -0.3 is 5.32 Å². The fourth-order valence-corrected chi connectivity index (χ4v) is 3.07. The Morgan fingerprint density at radius 2 is 1.74 bits per heavy atom. The van der Waals surface area contributed by atoms with Gasteiger partial charge in [0.15, 0.2) is 9.84 Å². The lowest BCUT2D eigenvalue weighted by atomic mass is 10.2. The van der Waals surface area contributed by atoms with Crippen LogP contribution in [-0.4, -0.2) is 33.0 Å². The van der Waals surface area contributed by atoms with Gasteiger partial charge in [-0.2, -0.15) is 0 Å². The van der Waals surface area contributed by atoms with Gasteiger partial charge in [0.2, 0.25) is 0 Å². The summed E-state index contributed by atoms with van der Waals surface area (Å²) in [5.41, 5.74) is 0. The maximum atomic E-state index is 11.3. The molecular weight excluding hydrogens is 278 g/mol. The van der Waals surface area contributed by atoms with Gasteiger partial charge in [0.1, 0.15) is 0 Å². The lowest BCUT2D eigenvalue weighted by molar-refractivity contribution is 0.510. The van der Waals surface area contributed by atoms with Gasteiger partial charge >= 0.3 is 0 Å². The molecule has 3 nitrogen and oxygen atoms in total.